The Kier molecular flexibility index (Phi) is 3.68. The van der Waals surface area contributed by atoms with Crippen LogP contribution < -0.4 is 0 Å². The summed E-state index contributed by atoms with van der Waals surface area (Å²) in [6, 6.07) is 10.3. The van der Waals surface area contributed by atoms with E-state index in [1.165, 1.54) is 0 Å². The van der Waals surface area contributed by atoms with Gasteiger partial charge in [-0.15, -0.1) is 0 Å². The molecule has 7 heteroatoms. The van der Waals surface area contributed by atoms with Crippen molar-refractivity contribution in [1.82, 2.24) is 0 Å². The van der Waals surface area contributed by atoms with Crippen molar-refractivity contribution in [3.05, 3.63) is 67.8 Å². The van der Waals surface area contributed by atoms with Crippen molar-refractivity contribution in [2.45, 2.75) is 4.43 Å². The summed E-state index contributed by atoms with van der Waals surface area (Å²) in [5.74, 6) is -2.44. The van der Waals surface area contributed by atoms with Crippen LogP contribution in [0.2, 0.25) is 0 Å². The van der Waals surface area contributed by atoms with E-state index >= 15 is 0 Å². The number of hydrogen-bond acceptors (Lipinski definition) is 6. The quantitative estimate of drug-likeness (QED) is 0.310. The fraction of sp³-hybridized carbons (Fsp3) is 0.111. The Hall–Kier alpha value is -2.55. The van der Waals surface area contributed by atoms with E-state index in [2.05, 4.69) is 14.4 Å². The molecule has 2 aliphatic heterocycles. The van der Waals surface area contributed by atoms with Crippen LogP contribution in [0.25, 0.3) is 0 Å². The minimum absolute atomic E-state index is 0.295. The molecule has 25 heavy (non-hydrogen) atoms. The van der Waals surface area contributed by atoms with Crippen molar-refractivity contribution >= 4 is 43.7 Å². The van der Waals surface area contributed by atoms with Gasteiger partial charge in [-0.05, 0) is 0 Å². The van der Waals surface area contributed by atoms with E-state index in [1.807, 2.05) is 12.1 Å². The van der Waals surface area contributed by atoms with Crippen molar-refractivity contribution in [3.8, 4) is 0 Å². The zero-order chi connectivity index (χ0) is 17.7. The number of cyclic esters (lactones) is 4. The molecular formula is C18H11IO6. The van der Waals surface area contributed by atoms with Gasteiger partial charge in [-0.3, -0.25) is 0 Å². The summed E-state index contributed by atoms with van der Waals surface area (Å²) in [4.78, 5) is 48.5. The molecule has 0 spiro atoms. The predicted molar refractivity (Wildman–Crippen MR) is 94.7 cm³/mol. The molecule has 2 aliphatic rings. The fourth-order valence-electron chi connectivity index (χ4n) is 2.78. The Morgan fingerprint density at radius 2 is 1.24 bits per heavy atom. The molecule has 0 saturated carbocycles. The summed E-state index contributed by atoms with van der Waals surface area (Å²) >= 11 is -1.68. The molecule has 0 aromatic heterocycles. The molecule has 126 valence electrons. The number of hydrogen-bond donors (Lipinski definition) is 0. The second-order valence-electron chi connectivity index (χ2n) is 5.65. The van der Waals surface area contributed by atoms with Crippen molar-refractivity contribution in [1.29, 1.82) is 0 Å². The SMILES string of the molecule is CI(Cc1ccc2c(c1)C(=O)OC2=O)c1ccc2c(c1)C(=O)OC2=O. The first-order valence-corrected chi connectivity index (χ1v) is 12.1. The average molecular weight is 450 g/mol. The second kappa shape index (κ2) is 5.76. The molecule has 0 unspecified atom stereocenters. The number of ether oxygens (including phenoxy) is 2. The molecule has 2 heterocycles. The molecule has 0 radical (unpaired) electrons. The molecular weight excluding hydrogens is 439 g/mol. The van der Waals surface area contributed by atoms with Gasteiger partial charge in [0.15, 0.2) is 0 Å². The number of carbonyl (C=O) groups is 4. The summed E-state index contributed by atoms with van der Waals surface area (Å²) in [7, 11) is 0. The zero-order valence-electron chi connectivity index (χ0n) is 13.0. The van der Waals surface area contributed by atoms with Crippen molar-refractivity contribution in [2.75, 3.05) is 4.93 Å². The van der Waals surface area contributed by atoms with Gasteiger partial charge in [-0.1, -0.05) is 0 Å². The molecule has 0 atom stereocenters. The first-order valence-electron chi connectivity index (χ1n) is 7.30. The van der Waals surface area contributed by atoms with Crippen molar-refractivity contribution in [2.24, 2.45) is 0 Å². The van der Waals surface area contributed by atoms with Crippen LogP contribution in [0.15, 0.2) is 36.4 Å². The first-order chi connectivity index (χ1) is 11.9. The first kappa shape index (κ1) is 15.9. The van der Waals surface area contributed by atoms with E-state index in [0.29, 0.717) is 22.3 Å². The van der Waals surface area contributed by atoms with Crippen LogP contribution in [0.1, 0.15) is 47.0 Å². The van der Waals surface area contributed by atoms with Gasteiger partial charge in [-0.2, -0.15) is 0 Å². The maximum atomic E-state index is 11.7. The topological polar surface area (TPSA) is 86.7 Å². The van der Waals surface area contributed by atoms with Crippen molar-refractivity contribution in [3.63, 3.8) is 0 Å². The van der Waals surface area contributed by atoms with Crippen LogP contribution >= 0.6 is 19.8 Å². The zero-order valence-corrected chi connectivity index (χ0v) is 15.2. The molecule has 0 bridgehead atoms. The van der Waals surface area contributed by atoms with E-state index in [1.54, 1.807) is 24.3 Å². The molecule has 6 nitrogen and oxygen atoms in total. The van der Waals surface area contributed by atoms with E-state index in [9.17, 15) is 19.2 Å². The second-order valence-corrected chi connectivity index (χ2v) is 11.0. The normalized spacial score (nSPS) is 15.6. The number of halogens is 1. The van der Waals surface area contributed by atoms with E-state index < -0.39 is 43.7 Å². The number of alkyl halides is 2. The summed E-state index contributed by atoms with van der Waals surface area (Å²) in [6.07, 6.45) is 0. The summed E-state index contributed by atoms with van der Waals surface area (Å²) in [5.41, 5.74) is 2.16. The summed E-state index contributed by atoms with van der Waals surface area (Å²) in [6.45, 7) is 0. The third kappa shape index (κ3) is 2.64. The number of fused-ring (bicyclic) bond motifs is 2. The van der Waals surface area contributed by atoms with Crippen LogP contribution in [0, 0.1) is 3.57 Å². The molecule has 0 aliphatic carbocycles. The number of esters is 4. The fourth-order valence-corrected chi connectivity index (χ4v) is 6.66. The standard InChI is InChI=1S/C18H11IO6/c1-19(10-3-5-12-14(7-10)18(23)25-16(12)21)8-9-2-4-11-13(6-9)17(22)24-15(11)20/h2-7H,8H2,1H3. The van der Waals surface area contributed by atoms with Crippen molar-refractivity contribution < 1.29 is 28.7 Å². The monoisotopic (exact) mass is 450 g/mol. The van der Waals surface area contributed by atoms with E-state index in [4.69, 9.17) is 0 Å². The molecule has 2 aromatic rings. The van der Waals surface area contributed by atoms with Gasteiger partial charge in [0.05, 0.1) is 0 Å². The van der Waals surface area contributed by atoms with Gasteiger partial charge in [0, 0.05) is 0 Å². The molecule has 0 fully saturated rings. The summed E-state index contributed by atoms with van der Waals surface area (Å²) in [5, 5.41) is 0. The maximum absolute atomic E-state index is 11.7. The number of rotatable bonds is 3. The van der Waals surface area contributed by atoms with Gasteiger partial charge in [0.25, 0.3) is 0 Å². The van der Waals surface area contributed by atoms with Crippen LogP contribution in [0.3, 0.4) is 0 Å². The Morgan fingerprint density at radius 1 is 0.720 bits per heavy atom. The Balaban J connectivity index is 1.60. The van der Waals surface area contributed by atoms with Gasteiger partial charge >= 0.3 is 149 Å². The Labute approximate surface area is 149 Å². The average Bonchev–Trinajstić information content (AvgIpc) is 3.03. The van der Waals surface area contributed by atoms with Crippen LogP contribution in [0.5, 0.6) is 0 Å². The Morgan fingerprint density at radius 3 is 1.88 bits per heavy atom. The van der Waals surface area contributed by atoms with E-state index in [-0.39, 0.29) is 0 Å². The Bertz CT molecular complexity index is 978. The molecule has 2 aromatic carbocycles. The molecule has 0 saturated heterocycles. The third-order valence-corrected chi connectivity index (χ3v) is 8.87. The van der Waals surface area contributed by atoms with Crippen LogP contribution in [-0.4, -0.2) is 28.8 Å². The molecule has 0 amide bonds. The predicted octanol–water partition coefficient (Wildman–Crippen LogP) is 2.81. The van der Waals surface area contributed by atoms with Gasteiger partial charge in [0.1, 0.15) is 0 Å². The van der Waals surface area contributed by atoms with Crippen LogP contribution in [0.4, 0.5) is 0 Å². The molecule has 0 N–H and O–H groups in total. The summed E-state index contributed by atoms with van der Waals surface area (Å²) < 4.78 is 11.0. The minimum atomic E-state index is -1.68. The van der Waals surface area contributed by atoms with Gasteiger partial charge < -0.3 is 0 Å². The number of benzene rings is 2. The number of carbonyl (C=O) groups excluding carboxylic acids is 4. The van der Waals surface area contributed by atoms with Crippen LogP contribution in [-0.2, 0) is 13.9 Å². The molecule has 4 rings (SSSR count). The van der Waals surface area contributed by atoms with Gasteiger partial charge in [0.2, 0.25) is 0 Å². The third-order valence-electron chi connectivity index (χ3n) is 4.04. The van der Waals surface area contributed by atoms with Gasteiger partial charge in [-0.25, -0.2) is 0 Å². The van der Waals surface area contributed by atoms with E-state index in [0.717, 1.165) is 13.6 Å².